The maximum Gasteiger partial charge on any atom is 0.226 e. The Kier molecular flexibility index (Phi) is 3.92. The molecule has 2 aromatic carbocycles. The van der Waals surface area contributed by atoms with Gasteiger partial charge < -0.3 is 10.2 Å². The second kappa shape index (κ2) is 6.01. The van der Waals surface area contributed by atoms with Crippen LogP contribution in [-0.4, -0.2) is 4.98 Å². The lowest BCUT2D eigenvalue weighted by Gasteiger charge is -2.01. The lowest BCUT2D eigenvalue weighted by molar-refractivity contribution is 0.573. The van der Waals surface area contributed by atoms with Crippen molar-refractivity contribution in [2.24, 2.45) is 0 Å². The number of benzene rings is 2. The first kappa shape index (κ1) is 13.7. The molecule has 1 heterocycles. The monoisotopic (exact) mass is 300 g/mol. The van der Waals surface area contributed by atoms with Gasteiger partial charge in [0.05, 0.1) is 11.4 Å². The SMILES string of the molecule is Nc1ccc(SCc2coc(-c3ccccc3)n2)cc1F. The standard InChI is InChI=1S/C16H13FN2OS/c17-14-8-13(6-7-15(14)18)21-10-12-9-20-16(19-12)11-4-2-1-3-5-11/h1-9H,10,18H2. The second-order valence-electron chi connectivity index (χ2n) is 4.48. The summed E-state index contributed by atoms with van der Waals surface area (Å²) in [4.78, 5) is 5.24. The van der Waals surface area contributed by atoms with Gasteiger partial charge in [-0.3, -0.25) is 0 Å². The van der Waals surface area contributed by atoms with Gasteiger partial charge in [0.2, 0.25) is 5.89 Å². The van der Waals surface area contributed by atoms with E-state index in [0.717, 1.165) is 16.2 Å². The zero-order valence-electron chi connectivity index (χ0n) is 11.1. The van der Waals surface area contributed by atoms with Crippen LogP contribution in [0.2, 0.25) is 0 Å². The number of hydrogen-bond acceptors (Lipinski definition) is 4. The Hall–Kier alpha value is -2.27. The normalized spacial score (nSPS) is 10.7. The van der Waals surface area contributed by atoms with Gasteiger partial charge in [-0.15, -0.1) is 11.8 Å². The molecule has 0 aliphatic rings. The Balaban J connectivity index is 1.69. The number of nitrogens with zero attached hydrogens (tertiary/aromatic N) is 1. The number of anilines is 1. The van der Waals surface area contributed by atoms with Crippen molar-refractivity contribution in [3.8, 4) is 11.5 Å². The third-order valence-corrected chi connectivity index (χ3v) is 3.96. The number of rotatable bonds is 4. The highest BCUT2D eigenvalue weighted by atomic mass is 32.2. The third kappa shape index (κ3) is 3.25. The maximum atomic E-state index is 13.4. The molecule has 0 saturated heterocycles. The number of halogens is 1. The van der Waals surface area contributed by atoms with Crippen molar-refractivity contribution >= 4 is 17.4 Å². The predicted octanol–water partition coefficient (Wildman–Crippen LogP) is 4.36. The maximum absolute atomic E-state index is 13.4. The van der Waals surface area contributed by atoms with Crippen LogP contribution in [0.3, 0.4) is 0 Å². The van der Waals surface area contributed by atoms with Gasteiger partial charge in [0.25, 0.3) is 0 Å². The topological polar surface area (TPSA) is 52.0 Å². The van der Waals surface area contributed by atoms with Crippen LogP contribution in [0.15, 0.2) is 64.1 Å². The van der Waals surface area contributed by atoms with Crippen molar-refractivity contribution in [1.82, 2.24) is 4.98 Å². The average Bonchev–Trinajstić information content (AvgIpc) is 2.98. The summed E-state index contributed by atoms with van der Waals surface area (Å²) < 4.78 is 18.8. The van der Waals surface area contributed by atoms with Gasteiger partial charge in [0.1, 0.15) is 12.1 Å². The van der Waals surface area contributed by atoms with E-state index < -0.39 is 5.82 Å². The Morgan fingerprint density at radius 1 is 1.14 bits per heavy atom. The van der Waals surface area contributed by atoms with E-state index in [1.807, 2.05) is 30.3 Å². The summed E-state index contributed by atoms with van der Waals surface area (Å²) >= 11 is 1.49. The fourth-order valence-corrected chi connectivity index (χ4v) is 2.64. The van der Waals surface area contributed by atoms with Crippen LogP contribution in [0.1, 0.15) is 5.69 Å². The Morgan fingerprint density at radius 3 is 2.71 bits per heavy atom. The molecule has 3 rings (SSSR count). The smallest absolute Gasteiger partial charge is 0.226 e. The number of oxazole rings is 1. The fourth-order valence-electron chi connectivity index (χ4n) is 1.84. The molecule has 1 aromatic heterocycles. The summed E-state index contributed by atoms with van der Waals surface area (Å²) in [5, 5.41) is 0. The molecule has 3 nitrogen and oxygen atoms in total. The first-order valence-electron chi connectivity index (χ1n) is 6.40. The van der Waals surface area contributed by atoms with Crippen LogP contribution < -0.4 is 5.73 Å². The third-order valence-electron chi connectivity index (χ3n) is 2.93. The molecule has 0 aliphatic heterocycles. The summed E-state index contributed by atoms with van der Waals surface area (Å²) in [5.41, 5.74) is 7.36. The molecule has 0 spiro atoms. The van der Waals surface area contributed by atoms with Gasteiger partial charge in [-0.25, -0.2) is 9.37 Å². The van der Waals surface area contributed by atoms with Crippen LogP contribution in [0.5, 0.6) is 0 Å². The van der Waals surface area contributed by atoms with Gasteiger partial charge in [0.15, 0.2) is 0 Å². The molecule has 2 N–H and O–H groups in total. The summed E-state index contributed by atoms with van der Waals surface area (Å²) in [6.07, 6.45) is 1.63. The first-order chi connectivity index (χ1) is 10.2. The minimum absolute atomic E-state index is 0.159. The van der Waals surface area contributed by atoms with E-state index in [1.54, 1.807) is 18.4 Å². The molecule has 0 bridgehead atoms. The highest BCUT2D eigenvalue weighted by Gasteiger charge is 2.07. The average molecular weight is 300 g/mol. The number of thioether (sulfide) groups is 1. The molecular formula is C16H13FN2OS. The quantitative estimate of drug-likeness (QED) is 0.574. The zero-order valence-corrected chi connectivity index (χ0v) is 11.9. The molecule has 3 aromatic rings. The Labute approximate surface area is 126 Å². The van der Waals surface area contributed by atoms with Crippen LogP contribution in [-0.2, 0) is 5.75 Å². The van der Waals surface area contributed by atoms with E-state index in [-0.39, 0.29) is 5.69 Å². The van der Waals surface area contributed by atoms with Gasteiger partial charge in [-0.1, -0.05) is 18.2 Å². The Bertz CT molecular complexity index is 743. The summed E-state index contributed by atoms with van der Waals surface area (Å²) in [6.45, 7) is 0. The predicted molar refractivity (Wildman–Crippen MR) is 82.3 cm³/mol. The molecule has 0 saturated carbocycles. The molecule has 0 aliphatic carbocycles. The minimum atomic E-state index is -0.398. The van der Waals surface area contributed by atoms with E-state index in [9.17, 15) is 4.39 Å². The van der Waals surface area contributed by atoms with Crippen molar-refractivity contribution in [3.63, 3.8) is 0 Å². The Morgan fingerprint density at radius 2 is 1.95 bits per heavy atom. The molecule has 21 heavy (non-hydrogen) atoms. The van der Waals surface area contributed by atoms with Crippen LogP contribution >= 0.6 is 11.8 Å². The minimum Gasteiger partial charge on any atom is -0.444 e. The van der Waals surface area contributed by atoms with E-state index in [2.05, 4.69) is 4.98 Å². The molecule has 106 valence electrons. The van der Waals surface area contributed by atoms with Crippen molar-refractivity contribution < 1.29 is 8.81 Å². The fraction of sp³-hybridized carbons (Fsp3) is 0.0625. The summed E-state index contributed by atoms with van der Waals surface area (Å²) in [5.74, 6) is 0.805. The summed E-state index contributed by atoms with van der Waals surface area (Å²) in [7, 11) is 0. The summed E-state index contributed by atoms with van der Waals surface area (Å²) in [6, 6.07) is 14.5. The van der Waals surface area contributed by atoms with Gasteiger partial charge in [-0.2, -0.15) is 0 Å². The highest BCUT2D eigenvalue weighted by molar-refractivity contribution is 7.98. The molecule has 0 radical (unpaired) electrons. The van der Waals surface area contributed by atoms with Gasteiger partial charge >= 0.3 is 0 Å². The molecule has 0 fully saturated rings. The van der Waals surface area contributed by atoms with Gasteiger partial charge in [-0.05, 0) is 30.3 Å². The zero-order chi connectivity index (χ0) is 14.7. The number of hydrogen-bond donors (Lipinski definition) is 1. The molecule has 0 atom stereocenters. The van der Waals surface area contributed by atoms with E-state index in [0.29, 0.717) is 11.6 Å². The molecule has 0 unspecified atom stereocenters. The van der Waals surface area contributed by atoms with E-state index in [4.69, 9.17) is 10.2 Å². The lowest BCUT2D eigenvalue weighted by Crippen LogP contribution is -1.90. The number of nitrogens with two attached hydrogens (primary N) is 1. The number of nitrogen functional groups attached to an aromatic ring is 1. The molecule has 0 amide bonds. The van der Waals surface area contributed by atoms with Gasteiger partial charge in [0, 0.05) is 16.2 Å². The second-order valence-corrected chi connectivity index (χ2v) is 5.53. The largest absolute Gasteiger partial charge is 0.444 e. The molecular weight excluding hydrogens is 287 g/mol. The van der Waals surface area contributed by atoms with E-state index in [1.165, 1.54) is 17.8 Å². The lowest BCUT2D eigenvalue weighted by atomic mass is 10.2. The highest BCUT2D eigenvalue weighted by Crippen LogP contribution is 2.26. The van der Waals surface area contributed by atoms with Crippen molar-refractivity contribution in [2.75, 3.05) is 5.73 Å². The van der Waals surface area contributed by atoms with Crippen LogP contribution in [0.25, 0.3) is 11.5 Å². The first-order valence-corrected chi connectivity index (χ1v) is 7.38. The van der Waals surface area contributed by atoms with E-state index >= 15 is 0 Å². The van der Waals surface area contributed by atoms with Crippen molar-refractivity contribution in [3.05, 3.63) is 66.3 Å². The van der Waals surface area contributed by atoms with Crippen molar-refractivity contribution in [1.29, 1.82) is 0 Å². The number of aromatic nitrogens is 1. The van der Waals surface area contributed by atoms with Crippen LogP contribution in [0.4, 0.5) is 10.1 Å². The molecule has 5 heteroatoms. The van der Waals surface area contributed by atoms with Crippen LogP contribution in [0, 0.1) is 5.82 Å². The van der Waals surface area contributed by atoms with Crippen molar-refractivity contribution in [2.45, 2.75) is 10.6 Å².